The molecule has 0 radical (unpaired) electrons. The minimum atomic E-state index is 0.0619. The first kappa shape index (κ1) is 54.5. The Labute approximate surface area is 462 Å². The fourth-order valence-corrected chi connectivity index (χ4v) is 10.4. The first-order valence-corrected chi connectivity index (χ1v) is 27.4. The van der Waals surface area contributed by atoms with Crippen molar-refractivity contribution in [1.82, 2.24) is 63.6 Å². The lowest BCUT2D eigenvalue weighted by molar-refractivity contribution is -0.135. The number of ether oxygens (including phenoxy) is 1. The molecule has 414 valence electrons. The summed E-state index contributed by atoms with van der Waals surface area (Å²) in [6, 6.07) is 36.6. The van der Waals surface area contributed by atoms with Crippen LogP contribution in [-0.4, -0.2) is 193 Å². The molecule has 0 spiro atoms. The SMILES string of the molecule is CN1CCN(C(=O)Cc2nn(-c3ccccc3)cc2N)CC1.CN1CCN(Cc2ccc3c(c2)CN(C(=O)Cc2nn(-c4ccccc4)cc2N)C3)CC1.Nc1cn(-c2ccccc2)nc1CC(=O)N1CCN(C2COC2)CC1. The smallest absolute Gasteiger partial charge is 0.229 e. The van der Waals surface area contributed by atoms with Gasteiger partial charge in [0.15, 0.2) is 0 Å². The predicted octanol–water partition coefficient (Wildman–Crippen LogP) is 3.60. The van der Waals surface area contributed by atoms with Crippen LogP contribution < -0.4 is 17.2 Å². The summed E-state index contributed by atoms with van der Waals surface area (Å²) < 4.78 is 10.4. The van der Waals surface area contributed by atoms with Gasteiger partial charge in [0, 0.05) is 98.2 Å². The van der Waals surface area contributed by atoms with Gasteiger partial charge in [-0.3, -0.25) is 24.2 Å². The zero-order valence-corrected chi connectivity index (χ0v) is 45.5. The Kier molecular flexibility index (Phi) is 17.4. The molecule has 0 aliphatic carbocycles. The van der Waals surface area contributed by atoms with Gasteiger partial charge in [-0.1, -0.05) is 72.8 Å². The topological polar surface area (TPSA) is 215 Å². The Morgan fingerprint density at radius 2 is 0.873 bits per heavy atom. The molecule has 5 aliphatic heterocycles. The average molecular weight is 1070 g/mol. The van der Waals surface area contributed by atoms with E-state index in [1.165, 1.54) is 16.7 Å². The largest absolute Gasteiger partial charge is 0.396 e. The van der Waals surface area contributed by atoms with Gasteiger partial charge < -0.3 is 46.4 Å². The van der Waals surface area contributed by atoms with Gasteiger partial charge in [-0.05, 0) is 67.2 Å². The molecule has 20 nitrogen and oxygen atoms in total. The zero-order valence-electron chi connectivity index (χ0n) is 45.5. The third-order valence-corrected chi connectivity index (χ3v) is 15.5. The number of benzene rings is 4. The standard InChI is InChI=1S/C25H30N6O.C18H23N5O2.C16H21N5O/c1-28-9-11-29(12-10-28)15-19-7-8-20-16-30(17-21(20)13-19)25(32)14-24-23(26)18-31(27-24)22-5-3-2-4-6-22;19-16-11-23(14-4-2-1-3-5-14)20-17(16)10-18(24)22-8-6-21(7-9-22)15-12-25-13-15;1-19-7-9-20(10-8-19)16(22)11-15-14(17)12-21(18-15)13-5-3-2-4-6-13/h2-8,13,18H,9-12,14-17,26H2,1H3;1-5,11,15H,6-10,12-13,19H2;2-6,12H,7-11,17H2,1H3. The molecular formula is C59H74N16O4. The van der Waals surface area contributed by atoms with E-state index in [1.807, 2.05) is 106 Å². The van der Waals surface area contributed by atoms with E-state index in [-0.39, 0.29) is 37.0 Å². The lowest BCUT2D eigenvalue weighted by atomic mass is 10.1. The van der Waals surface area contributed by atoms with Gasteiger partial charge in [0.1, 0.15) is 0 Å². The minimum absolute atomic E-state index is 0.0619. The molecular weight excluding hydrogens is 997 g/mol. The summed E-state index contributed by atoms with van der Waals surface area (Å²) in [6.45, 7) is 15.1. The first-order chi connectivity index (χ1) is 38.4. The molecule has 4 aromatic carbocycles. The Hall–Kier alpha value is -7.88. The number of nitrogens with zero attached hydrogens (tertiary/aromatic N) is 13. The Balaban J connectivity index is 0.000000136. The van der Waals surface area contributed by atoms with E-state index in [0.717, 1.165) is 115 Å². The fourth-order valence-electron chi connectivity index (χ4n) is 10.4. The molecule has 20 heteroatoms. The van der Waals surface area contributed by atoms with E-state index < -0.39 is 0 Å². The molecule has 7 aromatic rings. The number of nitrogens with two attached hydrogens (primary N) is 3. The maximum Gasteiger partial charge on any atom is 0.229 e. The number of hydrogen-bond acceptors (Lipinski definition) is 14. The van der Waals surface area contributed by atoms with Crippen LogP contribution in [0.2, 0.25) is 0 Å². The maximum atomic E-state index is 13.0. The number of piperazine rings is 3. The van der Waals surface area contributed by atoms with E-state index in [1.54, 1.807) is 32.6 Å². The molecule has 8 heterocycles. The second kappa shape index (κ2) is 25.3. The van der Waals surface area contributed by atoms with Crippen LogP contribution in [0.4, 0.5) is 17.1 Å². The Morgan fingerprint density at radius 1 is 0.481 bits per heavy atom. The van der Waals surface area contributed by atoms with Crippen LogP contribution >= 0.6 is 0 Å². The molecule has 0 bridgehead atoms. The second-order valence-electron chi connectivity index (χ2n) is 21.2. The molecule has 79 heavy (non-hydrogen) atoms. The first-order valence-electron chi connectivity index (χ1n) is 27.4. The molecule has 4 saturated heterocycles. The maximum absolute atomic E-state index is 13.0. The van der Waals surface area contributed by atoms with Gasteiger partial charge >= 0.3 is 0 Å². The van der Waals surface area contributed by atoms with Crippen molar-refractivity contribution in [3.63, 3.8) is 0 Å². The van der Waals surface area contributed by atoms with Crippen molar-refractivity contribution >= 4 is 34.8 Å². The summed E-state index contributed by atoms with van der Waals surface area (Å²) in [5, 5.41) is 13.5. The number of nitrogen functional groups attached to an aromatic ring is 3. The van der Waals surface area contributed by atoms with Gasteiger partial charge in [-0.25, -0.2) is 14.0 Å². The van der Waals surface area contributed by atoms with Crippen LogP contribution in [-0.2, 0) is 58.0 Å². The number of anilines is 3. The number of para-hydroxylation sites is 3. The fraction of sp³-hybridized carbons (Fsp3) is 0.390. The Bertz CT molecular complexity index is 3130. The third kappa shape index (κ3) is 13.9. The van der Waals surface area contributed by atoms with Gasteiger partial charge in [-0.2, -0.15) is 15.3 Å². The molecule has 6 N–H and O–H groups in total. The lowest BCUT2D eigenvalue weighted by Gasteiger charge is -2.42. The monoisotopic (exact) mass is 1070 g/mol. The normalized spacial score (nSPS) is 17.3. The highest BCUT2D eigenvalue weighted by atomic mass is 16.5. The minimum Gasteiger partial charge on any atom is -0.396 e. The van der Waals surface area contributed by atoms with Gasteiger partial charge in [0.2, 0.25) is 17.7 Å². The molecule has 4 fully saturated rings. The molecule has 3 aromatic heterocycles. The summed E-state index contributed by atoms with van der Waals surface area (Å²) in [7, 11) is 4.25. The third-order valence-electron chi connectivity index (χ3n) is 15.5. The summed E-state index contributed by atoms with van der Waals surface area (Å²) in [4.78, 5) is 53.2. The van der Waals surface area contributed by atoms with Crippen molar-refractivity contribution in [3.8, 4) is 17.1 Å². The number of amides is 3. The predicted molar refractivity (Wildman–Crippen MR) is 305 cm³/mol. The van der Waals surface area contributed by atoms with Gasteiger partial charge in [0.05, 0.1) is 108 Å². The van der Waals surface area contributed by atoms with E-state index in [9.17, 15) is 14.4 Å². The quantitative estimate of drug-likeness (QED) is 0.160. The highest BCUT2D eigenvalue weighted by molar-refractivity contribution is 5.81. The zero-order chi connectivity index (χ0) is 54.8. The second-order valence-corrected chi connectivity index (χ2v) is 21.2. The van der Waals surface area contributed by atoms with Crippen LogP contribution in [0.25, 0.3) is 17.1 Å². The average Bonchev–Trinajstić information content (AvgIpc) is 4.26. The van der Waals surface area contributed by atoms with Crippen molar-refractivity contribution in [1.29, 1.82) is 0 Å². The van der Waals surface area contributed by atoms with E-state index in [2.05, 4.69) is 67.2 Å². The number of rotatable bonds is 12. The lowest BCUT2D eigenvalue weighted by Crippen LogP contribution is -2.57. The molecule has 3 amide bonds. The van der Waals surface area contributed by atoms with Gasteiger partial charge in [0.25, 0.3) is 0 Å². The van der Waals surface area contributed by atoms with Crippen LogP contribution in [0.5, 0.6) is 0 Å². The van der Waals surface area contributed by atoms with Crippen molar-refractivity contribution in [2.75, 3.05) is 123 Å². The Morgan fingerprint density at radius 3 is 1.29 bits per heavy atom. The molecule has 0 atom stereocenters. The van der Waals surface area contributed by atoms with E-state index in [0.29, 0.717) is 53.3 Å². The number of likely N-dealkylation sites (N-methyl/N-ethyl adjacent to an activating group) is 2. The van der Waals surface area contributed by atoms with Crippen LogP contribution in [0.3, 0.4) is 0 Å². The van der Waals surface area contributed by atoms with E-state index in [4.69, 9.17) is 21.9 Å². The van der Waals surface area contributed by atoms with Crippen molar-refractivity contribution in [2.24, 2.45) is 0 Å². The van der Waals surface area contributed by atoms with Crippen LogP contribution in [0, 0.1) is 0 Å². The number of carbonyl (C=O) groups excluding carboxylic acids is 3. The molecule has 0 saturated carbocycles. The number of carbonyl (C=O) groups is 3. The van der Waals surface area contributed by atoms with Crippen molar-refractivity contribution in [2.45, 2.75) is 44.9 Å². The summed E-state index contributed by atoms with van der Waals surface area (Å²) in [5.74, 6) is 0.250. The molecule has 12 rings (SSSR count). The van der Waals surface area contributed by atoms with Crippen LogP contribution in [0.15, 0.2) is 128 Å². The molecule has 0 unspecified atom stereocenters. The number of hydrogen-bond donors (Lipinski definition) is 3. The summed E-state index contributed by atoms with van der Waals surface area (Å²) in [6.07, 6.45) is 6.04. The van der Waals surface area contributed by atoms with Crippen molar-refractivity contribution < 1.29 is 19.1 Å². The number of aromatic nitrogens is 6. The molecule has 5 aliphatic rings. The van der Waals surface area contributed by atoms with Crippen LogP contribution in [0.1, 0.15) is 33.8 Å². The van der Waals surface area contributed by atoms with E-state index >= 15 is 0 Å². The highest BCUT2D eigenvalue weighted by Crippen LogP contribution is 2.27. The van der Waals surface area contributed by atoms with Crippen molar-refractivity contribution in [3.05, 3.63) is 162 Å². The summed E-state index contributed by atoms with van der Waals surface area (Å²) in [5.41, 5.74) is 28.5. The number of fused-ring (bicyclic) bond motifs is 1. The summed E-state index contributed by atoms with van der Waals surface area (Å²) >= 11 is 0. The van der Waals surface area contributed by atoms with Gasteiger partial charge in [-0.15, -0.1) is 0 Å². The highest BCUT2D eigenvalue weighted by Gasteiger charge is 2.31.